The van der Waals surface area contributed by atoms with Crippen LogP contribution in [0.1, 0.15) is 5.56 Å². The van der Waals surface area contributed by atoms with E-state index in [0.717, 1.165) is 21.9 Å². The zero-order valence-electron chi connectivity index (χ0n) is 15.5. The van der Waals surface area contributed by atoms with Gasteiger partial charge in [-0.3, -0.25) is 10.1 Å². The predicted molar refractivity (Wildman–Crippen MR) is 100 cm³/mol. The zero-order valence-corrected chi connectivity index (χ0v) is 16.3. The van der Waals surface area contributed by atoms with Gasteiger partial charge in [0.25, 0.3) is 15.7 Å². The highest BCUT2D eigenvalue weighted by Crippen LogP contribution is 2.32. The fraction of sp³-hybridized carbons (Fsp3) is 0.176. The van der Waals surface area contributed by atoms with Crippen LogP contribution in [0.5, 0.6) is 0 Å². The number of anilines is 2. The number of benzene rings is 1. The third-order valence-corrected chi connectivity index (χ3v) is 5.70. The summed E-state index contributed by atoms with van der Waals surface area (Å²) in [6.45, 7) is -0.347. The molecule has 1 aromatic carbocycles. The summed E-state index contributed by atoms with van der Waals surface area (Å²) in [4.78, 5) is 40.6. The van der Waals surface area contributed by atoms with E-state index in [0.29, 0.717) is 17.7 Å². The van der Waals surface area contributed by atoms with E-state index in [1.165, 1.54) is 12.3 Å². The first-order chi connectivity index (χ1) is 14.4. The van der Waals surface area contributed by atoms with Gasteiger partial charge in [0, 0.05) is 12.7 Å². The van der Waals surface area contributed by atoms with Gasteiger partial charge in [0.2, 0.25) is 0 Å². The molecule has 2 heterocycles. The Labute approximate surface area is 173 Å². The molecule has 0 radical (unpaired) electrons. The molecule has 14 heteroatoms. The van der Waals surface area contributed by atoms with E-state index in [4.69, 9.17) is 5.73 Å². The van der Waals surface area contributed by atoms with Crippen molar-refractivity contribution in [2.45, 2.75) is 16.9 Å². The van der Waals surface area contributed by atoms with Crippen molar-refractivity contribution in [2.24, 2.45) is 5.73 Å². The SMILES string of the molecule is NC(=O)Nc1cc(CN2CC(=O)N(c3ccc(S(=O)(=O)C(F)(F)F)cc3)C2=O)ccn1. The Hall–Kier alpha value is -3.68. The quantitative estimate of drug-likeness (QED) is 0.656. The number of pyridine rings is 1. The minimum absolute atomic E-state index is 0.0302. The van der Waals surface area contributed by atoms with Gasteiger partial charge in [-0.2, -0.15) is 13.2 Å². The zero-order chi connectivity index (χ0) is 23.0. The third-order valence-electron chi connectivity index (χ3n) is 4.20. The van der Waals surface area contributed by atoms with Gasteiger partial charge in [-0.25, -0.2) is 27.9 Å². The Balaban J connectivity index is 1.79. The molecule has 31 heavy (non-hydrogen) atoms. The lowest BCUT2D eigenvalue weighted by atomic mass is 10.2. The number of carbonyl (C=O) groups excluding carboxylic acids is 3. The molecule has 0 unspecified atom stereocenters. The summed E-state index contributed by atoms with van der Waals surface area (Å²) in [5.74, 6) is -0.512. The molecule has 0 bridgehead atoms. The average Bonchev–Trinajstić information content (AvgIpc) is 2.94. The topological polar surface area (TPSA) is 143 Å². The molecule has 3 N–H and O–H groups in total. The number of primary amides is 1. The monoisotopic (exact) mass is 457 g/mol. The van der Waals surface area contributed by atoms with Gasteiger partial charge in [-0.15, -0.1) is 0 Å². The molecule has 1 aliphatic rings. The molecule has 164 valence electrons. The van der Waals surface area contributed by atoms with Crippen LogP contribution in [-0.4, -0.2) is 48.3 Å². The standard InChI is InChI=1S/C17H14F3N5O5S/c18-17(19,20)31(29,30)12-3-1-11(2-4-12)25-14(26)9-24(16(25)28)8-10-5-6-22-13(7-10)23-15(21)27/h1-7H,8-9H2,(H3,21,22,23,27). The lowest BCUT2D eigenvalue weighted by Crippen LogP contribution is -2.33. The Bertz CT molecular complexity index is 1150. The van der Waals surface area contributed by atoms with Gasteiger partial charge in [-0.1, -0.05) is 0 Å². The Kier molecular flexibility index (Phi) is 5.59. The lowest BCUT2D eigenvalue weighted by molar-refractivity contribution is -0.116. The molecule has 0 saturated carbocycles. The summed E-state index contributed by atoms with van der Waals surface area (Å²) in [6.07, 6.45) is 1.36. The molecule has 1 fully saturated rings. The number of aromatic nitrogens is 1. The van der Waals surface area contributed by atoms with Crippen molar-refractivity contribution < 1.29 is 36.0 Å². The van der Waals surface area contributed by atoms with Gasteiger partial charge in [-0.05, 0) is 42.0 Å². The minimum Gasteiger partial charge on any atom is -0.351 e. The van der Waals surface area contributed by atoms with Crippen LogP contribution >= 0.6 is 0 Å². The second-order valence-electron chi connectivity index (χ2n) is 6.35. The molecule has 5 amide bonds. The molecule has 10 nitrogen and oxygen atoms in total. The number of halogens is 3. The van der Waals surface area contributed by atoms with Crippen LogP contribution in [0.2, 0.25) is 0 Å². The minimum atomic E-state index is -5.55. The maximum Gasteiger partial charge on any atom is 0.501 e. The number of carbonyl (C=O) groups is 3. The Morgan fingerprint density at radius 2 is 1.81 bits per heavy atom. The van der Waals surface area contributed by atoms with Crippen molar-refractivity contribution >= 4 is 39.3 Å². The molecule has 1 aromatic heterocycles. The second kappa shape index (κ2) is 7.86. The van der Waals surface area contributed by atoms with E-state index < -0.39 is 38.2 Å². The van der Waals surface area contributed by atoms with E-state index in [2.05, 4.69) is 10.3 Å². The molecule has 0 atom stereocenters. The van der Waals surface area contributed by atoms with Crippen molar-refractivity contribution in [3.05, 3.63) is 48.2 Å². The highest BCUT2D eigenvalue weighted by atomic mass is 32.2. The van der Waals surface area contributed by atoms with Crippen LogP contribution in [0.15, 0.2) is 47.5 Å². The van der Waals surface area contributed by atoms with Crippen LogP contribution in [0, 0.1) is 0 Å². The second-order valence-corrected chi connectivity index (χ2v) is 8.29. The van der Waals surface area contributed by atoms with Crippen LogP contribution in [-0.2, 0) is 21.2 Å². The molecular formula is C17H14F3N5O5S. The molecule has 1 saturated heterocycles. The molecular weight excluding hydrogens is 443 g/mol. The Morgan fingerprint density at radius 3 is 2.39 bits per heavy atom. The van der Waals surface area contributed by atoms with E-state index in [9.17, 15) is 36.0 Å². The highest BCUT2D eigenvalue weighted by molar-refractivity contribution is 7.92. The molecule has 0 spiro atoms. The van der Waals surface area contributed by atoms with Gasteiger partial charge < -0.3 is 10.6 Å². The van der Waals surface area contributed by atoms with Crippen LogP contribution in [0.25, 0.3) is 0 Å². The summed E-state index contributed by atoms with van der Waals surface area (Å²) in [5, 5.41) is 2.27. The number of hydrogen-bond acceptors (Lipinski definition) is 6. The summed E-state index contributed by atoms with van der Waals surface area (Å²) < 4.78 is 60.8. The lowest BCUT2D eigenvalue weighted by Gasteiger charge is -2.18. The smallest absolute Gasteiger partial charge is 0.351 e. The molecule has 0 aliphatic carbocycles. The van der Waals surface area contributed by atoms with Gasteiger partial charge in [0.05, 0.1) is 10.6 Å². The van der Waals surface area contributed by atoms with Gasteiger partial charge in [0.1, 0.15) is 12.4 Å². The van der Waals surface area contributed by atoms with Crippen molar-refractivity contribution in [1.29, 1.82) is 0 Å². The number of rotatable bonds is 5. The van der Waals surface area contributed by atoms with Crippen molar-refractivity contribution in [3.63, 3.8) is 0 Å². The first-order valence-corrected chi connectivity index (χ1v) is 9.93. The average molecular weight is 457 g/mol. The Morgan fingerprint density at radius 1 is 1.16 bits per heavy atom. The summed E-state index contributed by atoms with van der Waals surface area (Å²) in [7, 11) is -5.55. The number of sulfone groups is 1. The first kappa shape index (κ1) is 22.0. The summed E-state index contributed by atoms with van der Waals surface area (Å²) >= 11 is 0. The molecule has 3 rings (SSSR count). The summed E-state index contributed by atoms with van der Waals surface area (Å²) in [6, 6.07) is 4.64. The number of imide groups is 1. The van der Waals surface area contributed by atoms with Crippen molar-refractivity contribution in [1.82, 2.24) is 9.88 Å². The number of nitrogens with zero attached hydrogens (tertiary/aromatic N) is 3. The maximum absolute atomic E-state index is 12.7. The number of amides is 5. The normalized spacial score (nSPS) is 14.8. The largest absolute Gasteiger partial charge is 0.501 e. The molecule has 1 aliphatic heterocycles. The van der Waals surface area contributed by atoms with Crippen molar-refractivity contribution in [2.75, 3.05) is 16.8 Å². The number of alkyl halides is 3. The van der Waals surface area contributed by atoms with Gasteiger partial charge in [0.15, 0.2) is 0 Å². The number of nitrogens with two attached hydrogens (primary N) is 1. The van der Waals surface area contributed by atoms with Gasteiger partial charge >= 0.3 is 17.6 Å². The van der Waals surface area contributed by atoms with E-state index in [1.54, 1.807) is 6.07 Å². The third kappa shape index (κ3) is 4.42. The first-order valence-electron chi connectivity index (χ1n) is 8.45. The number of nitrogens with one attached hydrogen (secondary N) is 1. The predicted octanol–water partition coefficient (Wildman–Crippen LogP) is 1.83. The number of urea groups is 2. The van der Waals surface area contributed by atoms with Crippen LogP contribution in [0.3, 0.4) is 0 Å². The van der Waals surface area contributed by atoms with Crippen LogP contribution in [0.4, 0.5) is 34.3 Å². The fourth-order valence-corrected chi connectivity index (χ4v) is 3.58. The summed E-state index contributed by atoms with van der Waals surface area (Å²) in [5.41, 5.74) is -0.0161. The molecule has 2 aromatic rings. The fourth-order valence-electron chi connectivity index (χ4n) is 2.82. The number of hydrogen-bond donors (Lipinski definition) is 2. The maximum atomic E-state index is 12.7. The van der Waals surface area contributed by atoms with Crippen LogP contribution < -0.4 is 16.0 Å². The van der Waals surface area contributed by atoms with Crippen molar-refractivity contribution in [3.8, 4) is 0 Å². The highest BCUT2D eigenvalue weighted by Gasteiger charge is 2.47. The van der Waals surface area contributed by atoms with E-state index >= 15 is 0 Å². The van der Waals surface area contributed by atoms with E-state index in [-0.39, 0.29) is 24.6 Å². The van der Waals surface area contributed by atoms with E-state index in [1.807, 2.05) is 0 Å².